The van der Waals surface area contributed by atoms with Crippen molar-refractivity contribution >= 4 is 17.9 Å². The van der Waals surface area contributed by atoms with Crippen molar-refractivity contribution < 1.29 is 9.59 Å². The molecule has 2 heterocycles. The summed E-state index contributed by atoms with van der Waals surface area (Å²) in [5, 5.41) is 0. The Bertz CT molecular complexity index is 901. The zero-order valence-electron chi connectivity index (χ0n) is 16.8. The van der Waals surface area contributed by atoms with Gasteiger partial charge in [0.05, 0.1) is 0 Å². The standard InChI is InChI=1S/C24H27N3O2/c1-19(27-18-21-11-5-6-12-22(21)24(27)29)23(28)26-16-14-25(15-17-26)13-7-10-20-8-3-2-4-9-20/h2-12,19H,13-18H2,1H3/b10-7+. The van der Waals surface area contributed by atoms with Gasteiger partial charge >= 0.3 is 0 Å². The highest BCUT2D eigenvalue weighted by atomic mass is 16.2. The largest absolute Gasteiger partial charge is 0.338 e. The van der Waals surface area contributed by atoms with Crippen LogP contribution in [0.3, 0.4) is 0 Å². The van der Waals surface area contributed by atoms with Gasteiger partial charge in [0.1, 0.15) is 6.04 Å². The fourth-order valence-electron chi connectivity index (χ4n) is 4.04. The molecule has 0 N–H and O–H groups in total. The van der Waals surface area contributed by atoms with Crippen molar-refractivity contribution in [2.75, 3.05) is 32.7 Å². The zero-order chi connectivity index (χ0) is 20.2. The molecule has 2 aromatic rings. The van der Waals surface area contributed by atoms with Crippen LogP contribution in [0.1, 0.15) is 28.4 Å². The topological polar surface area (TPSA) is 43.9 Å². The molecule has 2 aromatic carbocycles. The first-order valence-corrected chi connectivity index (χ1v) is 10.2. The van der Waals surface area contributed by atoms with E-state index in [2.05, 4.69) is 29.2 Å². The second kappa shape index (κ2) is 8.62. The summed E-state index contributed by atoms with van der Waals surface area (Å²) in [6.07, 6.45) is 4.31. The van der Waals surface area contributed by atoms with Gasteiger partial charge in [-0.2, -0.15) is 0 Å². The van der Waals surface area contributed by atoms with Crippen molar-refractivity contribution in [1.29, 1.82) is 0 Å². The van der Waals surface area contributed by atoms with Gasteiger partial charge in [-0.25, -0.2) is 0 Å². The van der Waals surface area contributed by atoms with E-state index in [1.165, 1.54) is 5.56 Å². The number of fused-ring (bicyclic) bond motifs is 1. The van der Waals surface area contributed by atoms with Crippen molar-refractivity contribution in [3.8, 4) is 0 Å². The number of carbonyl (C=O) groups excluding carboxylic acids is 2. The molecule has 0 bridgehead atoms. The normalized spacial score (nSPS) is 18.3. The van der Waals surface area contributed by atoms with Gasteiger partial charge in [-0.3, -0.25) is 14.5 Å². The van der Waals surface area contributed by atoms with Gasteiger partial charge in [0, 0.05) is 44.8 Å². The Morgan fingerprint density at radius 2 is 1.69 bits per heavy atom. The highest BCUT2D eigenvalue weighted by Gasteiger charge is 2.35. The van der Waals surface area contributed by atoms with Gasteiger partial charge < -0.3 is 9.80 Å². The van der Waals surface area contributed by atoms with Crippen LogP contribution in [-0.4, -0.2) is 65.3 Å². The minimum atomic E-state index is -0.431. The SMILES string of the molecule is CC(C(=O)N1CCN(C/C=C/c2ccccc2)CC1)N1Cc2ccccc2C1=O. The Balaban J connectivity index is 1.28. The lowest BCUT2D eigenvalue weighted by Gasteiger charge is -2.37. The molecule has 5 heteroatoms. The highest BCUT2D eigenvalue weighted by Crippen LogP contribution is 2.25. The molecule has 4 rings (SSSR count). The van der Waals surface area contributed by atoms with Crippen LogP contribution in [0.15, 0.2) is 60.7 Å². The summed E-state index contributed by atoms with van der Waals surface area (Å²) in [6.45, 7) is 6.37. The van der Waals surface area contributed by atoms with Crippen molar-refractivity contribution in [2.24, 2.45) is 0 Å². The summed E-state index contributed by atoms with van der Waals surface area (Å²) in [7, 11) is 0. The molecule has 1 unspecified atom stereocenters. The Hall–Kier alpha value is -2.92. The van der Waals surface area contributed by atoms with Crippen LogP contribution in [0.5, 0.6) is 0 Å². The van der Waals surface area contributed by atoms with E-state index >= 15 is 0 Å². The van der Waals surface area contributed by atoms with Crippen LogP contribution < -0.4 is 0 Å². The fraction of sp³-hybridized carbons (Fsp3) is 0.333. The zero-order valence-corrected chi connectivity index (χ0v) is 16.8. The second-order valence-corrected chi connectivity index (χ2v) is 7.71. The van der Waals surface area contributed by atoms with Gasteiger partial charge in [0.25, 0.3) is 5.91 Å². The third kappa shape index (κ3) is 4.25. The van der Waals surface area contributed by atoms with Crippen molar-refractivity contribution in [1.82, 2.24) is 14.7 Å². The Kier molecular flexibility index (Phi) is 5.76. The first-order valence-electron chi connectivity index (χ1n) is 10.2. The molecule has 0 radical (unpaired) electrons. The minimum absolute atomic E-state index is 0.0360. The molecule has 2 amide bonds. The van der Waals surface area contributed by atoms with Crippen LogP contribution in [0.25, 0.3) is 6.08 Å². The maximum absolute atomic E-state index is 13.0. The third-order valence-corrected chi connectivity index (χ3v) is 5.83. The summed E-state index contributed by atoms with van der Waals surface area (Å²) in [5.74, 6) is 0.0109. The summed E-state index contributed by atoms with van der Waals surface area (Å²) in [4.78, 5) is 31.6. The monoisotopic (exact) mass is 389 g/mol. The highest BCUT2D eigenvalue weighted by molar-refractivity contribution is 6.01. The smallest absolute Gasteiger partial charge is 0.255 e. The first-order chi connectivity index (χ1) is 14.1. The van der Waals surface area contributed by atoms with Crippen molar-refractivity contribution in [3.05, 3.63) is 77.4 Å². The molecule has 2 aliphatic rings. The van der Waals surface area contributed by atoms with E-state index in [4.69, 9.17) is 0 Å². The lowest BCUT2D eigenvalue weighted by atomic mass is 10.1. The second-order valence-electron chi connectivity index (χ2n) is 7.71. The molecule has 29 heavy (non-hydrogen) atoms. The molecule has 150 valence electrons. The average Bonchev–Trinajstić information content (AvgIpc) is 3.11. The van der Waals surface area contributed by atoms with Crippen LogP contribution in [-0.2, 0) is 11.3 Å². The summed E-state index contributed by atoms with van der Waals surface area (Å²) in [6, 6.07) is 17.5. The van der Waals surface area contributed by atoms with Gasteiger partial charge in [0.15, 0.2) is 0 Å². The number of hydrogen-bond donors (Lipinski definition) is 0. The van der Waals surface area contributed by atoms with Crippen LogP contribution >= 0.6 is 0 Å². The Morgan fingerprint density at radius 3 is 2.41 bits per heavy atom. The molecule has 0 aliphatic carbocycles. The molecule has 0 aromatic heterocycles. The van der Waals surface area contributed by atoms with Gasteiger partial charge in [-0.05, 0) is 24.1 Å². The number of hydrogen-bond acceptors (Lipinski definition) is 3. The predicted molar refractivity (Wildman–Crippen MR) is 114 cm³/mol. The van der Waals surface area contributed by atoms with Gasteiger partial charge in [-0.1, -0.05) is 60.7 Å². The molecule has 5 nitrogen and oxygen atoms in total. The minimum Gasteiger partial charge on any atom is -0.338 e. The number of carbonyl (C=O) groups is 2. The lowest BCUT2D eigenvalue weighted by molar-refractivity contribution is -0.137. The van der Waals surface area contributed by atoms with Crippen molar-refractivity contribution in [2.45, 2.75) is 19.5 Å². The van der Waals surface area contributed by atoms with Gasteiger partial charge in [0.2, 0.25) is 5.91 Å². The molecule has 0 spiro atoms. The fourth-order valence-corrected chi connectivity index (χ4v) is 4.04. The van der Waals surface area contributed by atoms with E-state index in [1.54, 1.807) is 4.90 Å². The summed E-state index contributed by atoms with van der Waals surface area (Å²) in [5.41, 5.74) is 2.93. The lowest BCUT2D eigenvalue weighted by Crippen LogP contribution is -2.54. The molecule has 2 aliphatic heterocycles. The number of benzene rings is 2. The Labute approximate surface area is 172 Å². The van der Waals surface area contributed by atoms with Crippen LogP contribution in [0, 0.1) is 0 Å². The average molecular weight is 389 g/mol. The summed E-state index contributed by atoms with van der Waals surface area (Å²) < 4.78 is 0. The van der Waals surface area contributed by atoms with E-state index in [0.717, 1.165) is 30.8 Å². The first kappa shape index (κ1) is 19.4. The molecule has 0 saturated carbocycles. The molecule has 1 atom stereocenters. The maximum atomic E-state index is 13.0. The molecular weight excluding hydrogens is 362 g/mol. The van der Waals surface area contributed by atoms with E-state index in [0.29, 0.717) is 19.6 Å². The van der Waals surface area contributed by atoms with E-state index in [-0.39, 0.29) is 11.8 Å². The van der Waals surface area contributed by atoms with E-state index in [9.17, 15) is 9.59 Å². The number of nitrogens with zero attached hydrogens (tertiary/aromatic N) is 3. The van der Waals surface area contributed by atoms with E-state index in [1.807, 2.05) is 54.3 Å². The third-order valence-electron chi connectivity index (χ3n) is 5.83. The number of amides is 2. The summed E-state index contributed by atoms with van der Waals surface area (Å²) >= 11 is 0. The molecule has 1 fully saturated rings. The quantitative estimate of drug-likeness (QED) is 0.790. The van der Waals surface area contributed by atoms with Crippen LogP contribution in [0.4, 0.5) is 0 Å². The Morgan fingerprint density at radius 1 is 1.00 bits per heavy atom. The number of rotatable bonds is 5. The molecule has 1 saturated heterocycles. The van der Waals surface area contributed by atoms with E-state index < -0.39 is 6.04 Å². The number of piperazine rings is 1. The maximum Gasteiger partial charge on any atom is 0.255 e. The van der Waals surface area contributed by atoms with Crippen LogP contribution in [0.2, 0.25) is 0 Å². The van der Waals surface area contributed by atoms with Gasteiger partial charge in [-0.15, -0.1) is 0 Å². The molecular formula is C24H27N3O2. The predicted octanol–water partition coefficient (Wildman–Crippen LogP) is 2.89. The van der Waals surface area contributed by atoms with Crippen molar-refractivity contribution in [3.63, 3.8) is 0 Å².